The fourth-order valence-corrected chi connectivity index (χ4v) is 3.75. The number of nitrogens with zero attached hydrogens (tertiary/aromatic N) is 4. The van der Waals surface area contributed by atoms with Gasteiger partial charge in [-0.05, 0) is 29.8 Å². The summed E-state index contributed by atoms with van der Waals surface area (Å²) < 4.78 is 5.35. The van der Waals surface area contributed by atoms with Crippen LogP contribution in [-0.2, 0) is 11.2 Å². The number of thiophene rings is 1. The van der Waals surface area contributed by atoms with Gasteiger partial charge in [0.25, 0.3) is 0 Å². The smallest absolute Gasteiger partial charge is 0.227 e. The van der Waals surface area contributed by atoms with E-state index >= 15 is 0 Å². The van der Waals surface area contributed by atoms with E-state index in [9.17, 15) is 4.79 Å². The zero-order chi connectivity index (χ0) is 18.6. The van der Waals surface area contributed by atoms with Gasteiger partial charge in [0.05, 0.1) is 4.88 Å². The van der Waals surface area contributed by atoms with Crippen LogP contribution in [0.5, 0.6) is 0 Å². The average Bonchev–Trinajstić information content (AvgIpc) is 3.25. The summed E-state index contributed by atoms with van der Waals surface area (Å²) in [5.41, 5.74) is 0.0558. The van der Waals surface area contributed by atoms with Gasteiger partial charge in [-0.3, -0.25) is 9.69 Å². The third-order valence-corrected chi connectivity index (χ3v) is 5.35. The molecule has 0 saturated carbocycles. The Morgan fingerprint density at radius 3 is 2.69 bits per heavy atom. The Hall–Kier alpha value is -1.73. The predicted molar refractivity (Wildman–Crippen MR) is 103 cm³/mol. The van der Waals surface area contributed by atoms with E-state index in [2.05, 4.69) is 35.8 Å². The molecule has 142 valence electrons. The second kappa shape index (κ2) is 8.31. The van der Waals surface area contributed by atoms with E-state index in [1.807, 2.05) is 22.4 Å². The molecule has 3 heterocycles. The van der Waals surface area contributed by atoms with Crippen molar-refractivity contribution in [2.45, 2.75) is 40.0 Å². The van der Waals surface area contributed by atoms with Crippen molar-refractivity contribution in [2.24, 2.45) is 5.41 Å². The van der Waals surface area contributed by atoms with Crippen molar-refractivity contribution >= 4 is 17.2 Å². The van der Waals surface area contributed by atoms with Gasteiger partial charge in [-0.2, -0.15) is 4.98 Å². The maximum Gasteiger partial charge on any atom is 0.227 e. The van der Waals surface area contributed by atoms with Gasteiger partial charge in [-0.15, -0.1) is 11.3 Å². The number of aromatic nitrogens is 2. The van der Waals surface area contributed by atoms with Gasteiger partial charge in [0.15, 0.2) is 0 Å². The standard InChI is InChI=1S/C19H28N4O2S/c1-19(2,3)14-17(24)23-11-9-22(10-12-23)8-4-7-16-20-18(21-25-16)15-6-5-13-26-15/h5-6,13H,4,7-12,14H2,1-3H3. The van der Waals surface area contributed by atoms with Crippen LogP contribution in [0.3, 0.4) is 0 Å². The van der Waals surface area contributed by atoms with Gasteiger partial charge in [-0.1, -0.05) is 32.0 Å². The highest BCUT2D eigenvalue weighted by molar-refractivity contribution is 7.13. The Labute approximate surface area is 159 Å². The van der Waals surface area contributed by atoms with Crippen molar-refractivity contribution < 1.29 is 9.32 Å². The lowest BCUT2D eigenvalue weighted by Gasteiger charge is -2.35. The van der Waals surface area contributed by atoms with Crippen LogP contribution < -0.4 is 0 Å². The van der Waals surface area contributed by atoms with Crippen molar-refractivity contribution in [3.05, 3.63) is 23.4 Å². The molecular weight excluding hydrogens is 348 g/mol. The molecule has 26 heavy (non-hydrogen) atoms. The molecule has 3 rings (SSSR count). The van der Waals surface area contributed by atoms with E-state index in [0.717, 1.165) is 50.4 Å². The van der Waals surface area contributed by atoms with Gasteiger partial charge >= 0.3 is 0 Å². The molecule has 7 heteroatoms. The van der Waals surface area contributed by atoms with Crippen LogP contribution >= 0.6 is 11.3 Å². The van der Waals surface area contributed by atoms with E-state index in [1.165, 1.54) is 0 Å². The quantitative estimate of drug-likeness (QED) is 0.774. The number of rotatable bonds is 6. The van der Waals surface area contributed by atoms with Gasteiger partial charge in [-0.25, -0.2) is 0 Å². The molecule has 2 aromatic rings. The van der Waals surface area contributed by atoms with Crippen LogP contribution in [0.25, 0.3) is 10.7 Å². The van der Waals surface area contributed by atoms with Crippen LogP contribution in [0.15, 0.2) is 22.0 Å². The van der Waals surface area contributed by atoms with Crippen LogP contribution in [0.4, 0.5) is 0 Å². The van der Waals surface area contributed by atoms with Crippen molar-refractivity contribution in [1.82, 2.24) is 19.9 Å². The first-order valence-electron chi connectivity index (χ1n) is 9.27. The Morgan fingerprint density at radius 2 is 2.04 bits per heavy atom. The van der Waals surface area contributed by atoms with E-state index in [0.29, 0.717) is 18.1 Å². The molecule has 0 radical (unpaired) electrons. The Kier molecular flexibility index (Phi) is 6.09. The maximum atomic E-state index is 12.3. The molecule has 0 bridgehead atoms. The van der Waals surface area contributed by atoms with Gasteiger partial charge in [0, 0.05) is 39.0 Å². The fraction of sp³-hybridized carbons (Fsp3) is 0.632. The van der Waals surface area contributed by atoms with Crippen LogP contribution in [-0.4, -0.2) is 58.6 Å². The minimum Gasteiger partial charge on any atom is -0.340 e. The number of carbonyl (C=O) groups is 1. The molecule has 0 aliphatic carbocycles. The monoisotopic (exact) mass is 376 g/mol. The van der Waals surface area contributed by atoms with E-state index in [4.69, 9.17) is 4.52 Å². The first-order chi connectivity index (χ1) is 12.4. The van der Waals surface area contributed by atoms with Crippen molar-refractivity contribution in [2.75, 3.05) is 32.7 Å². The molecule has 1 saturated heterocycles. The van der Waals surface area contributed by atoms with Crippen molar-refractivity contribution in [3.8, 4) is 10.7 Å². The predicted octanol–water partition coefficient (Wildman–Crippen LogP) is 3.31. The molecule has 0 aromatic carbocycles. The summed E-state index contributed by atoms with van der Waals surface area (Å²) in [5, 5.41) is 6.06. The molecule has 6 nitrogen and oxygen atoms in total. The summed E-state index contributed by atoms with van der Waals surface area (Å²) in [6.45, 7) is 10.9. The largest absolute Gasteiger partial charge is 0.340 e. The molecular formula is C19H28N4O2S. The number of aryl methyl sites for hydroxylation is 1. The molecule has 0 spiro atoms. The van der Waals surface area contributed by atoms with Crippen LogP contribution in [0.2, 0.25) is 0 Å². The highest BCUT2D eigenvalue weighted by atomic mass is 32.1. The molecule has 0 atom stereocenters. The van der Waals surface area contributed by atoms with Crippen molar-refractivity contribution in [3.63, 3.8) is 0 Å². The maximum absolute atomic E-state index is 12.3. The molecule has 2 aromatic heterocycles. The third-order valence-electron chi connectivity index (χ3n) is 4.48. The van der Waals surface area contributed by atoms with Crippen LogP contribution in [0, 0.1) is 5.41 Å². The zero-order valence-electron chi connectivity index (χ0n) is 15.9. The molecule has 1 amide bonds. The number of amides is 1. The summed E-state index contributed by atoms with van der Waals surface area (Å²) in [4.78, 5) is 22.2. The Morgan fingerprint density at radius 1 is 1.27 bits per heavy atom. The van der Waals surface area contributed by atoms with Gasteiger partial charge < -0.3 is 9.42 Å². The second-order valence-corrected chi connectivity index (χ2v) is 9.00. The summed E-state index contributed by atoms with van der Waals surface area (Å²) in [6.07, 6.45) is 2.40. The number of piperazine rings is 1. The van der Waals surface area contributed by atoms with Crippen LogP contribution in [0.1, 0.15) is 39.5 Å². The Balaban J connectivity index is 1.37. The first-order valence-corrected chi connectivity index (χ1v) is 10.2. The SMILES string of the molecule is CC(C)(C)CC(=O)N1CCN(CCCc2nc(-c3cccs3)no2)CC1. The summed E-state index contributed by atoms with van der Waals surface area (Å²) in [6, 6.07) is 3.99. The second-order valence-electron chi connectivity index (χ2n) is 8.05. The summed E-state index contributed by atoms with van der Waals surface area (Å²) in [5.74, 6) is 1.66. The van der Waals surface area contributed by atoms with E-state index < -0.39 is 0 Å². The molecule has 1 aliphatic rings. The van der Waals surface area contributed by atoms with Gasteiger partial charge in [0.1, 0.15) is 0 Å². The lowest BCUT2D eigenvalue weighted by molar-refractivity contribution is -0.134. The van der Waals surface area contributed by atoms with E-state index in [1.54, 1.807) is 11.3 Å². The summed E-state index contributed by atoms with van der Waals surface area (Å²) >= 11 is 1.62. The van der Waals surface area contributed by atoms with Gasteiger partial charge in [0.2, 0.25) is 17.6 Å². The Bertz CT molecular complexity index is 697. The average molecular weight is 377 g/mol. The number of hydrogen-bond acceptors (Lipinski definition) is 6. The van der Waals surface area contributed by atoms with E-state index in [-0.39, 0.29) is 11.3 Å². The normalized spacial score (nSPS) is 16.2. The lowest BCUT2D eigenvalue weighted by atomic mass is 9.91. The van der Waals surface area contributed by atoms with Crippen molar-refractivity contribution in [1.29, 1.82) is 0 Å². The molecule has 0 N–H and O–H groups in total. The molecule has 1 fully saturated rings. The number of hydrogen-bond donors (Lipinski definition) is 0. The molecule has 0 unspecified atom stereocenters. The minimum absolute atomic E-state index is 0.0558. The number of carbonyl (C=O) groups excluding carboxylic acids is 1. The third kappa shape index (κ3) is 5.38. The fourth-order valence-electron chi connectivity index (χ4n) is 3.10. The molecule has 1 aliphatic heterocycles. The zero-order valence-corrected chi connectivity index (χ0v) is 16.7. The summed E-state index contributed by atoms with van der Waals surface area (Å²) in [7, 11) is 0. The first kappa shape index (κ1) is 19.0. The highest BCUT2D eigenvalue weighted by Crippen LogP contribution is 2.22. The topological polar surface area (TPSA) is 62.5 Å². The minimum atomic E-state index is 0.0558. The highest BCUT2D eigenvalue weighted by Gasteiger charge is 2.24. The lowest BCUT2D eigenvalue weighted by Crippen LogP contribution is -2.49.